The Hall–Kier alpha value is -3.15. The number of carbonyl (C=O) groups is 1. The zero-order chi connectivity index (χ0) is 21.4. The third-order valence-electron chi connectivity index (χ3n) is 4.42. The number of methoxy groups -OCH3 is 3. The molecule has 0 saturated carbocycles. The molecule has 1 amide bonds. The number of carbonyl (C=O) groups excluding carboxylic acids is 1. The molecule has 0 heterocycles. The van der Waals surface area contributed by atoms with Gasteiger partial charge in [-0.3, -0.25) is 4.79 Å². The number of hydrogen-bond acceptors (Lipinski definition) is 5. The minimum absolute atomic E-state index is 0.154. The zero-order valence-corrected chi connectivity index (χ0v) is 17.9. The van der Waals surface area contributed by atoms with Gasteiger partial charge in [0, 0.05) is 11.6 Å². The Balaban J connectivity index is 2.00. The molecule has 2 rings (SSSR count). The molecule has 0 aliphatic carbocycles. The van der Waals surface area contributed by atoms with Gasteiger partial charge in [0.2, 0.25) is 11.7 Å². The van der Waals surface area contributed by atoms with Crippen molar-refractivity contribution >= 4 is 12.0 Å². The number of nitrogens with one attached hydrogen (secondary N) is 1. The van der Waals surface area contributed by atoms with Crippen molar-refractivity contribution in [3.63, 3.8) is 0 Å². The number of para-hydroxylation sites is 1. The average molecular weight is 399 g/mol. The second-order valence-electron chi connectivity index (χ2n) is 6.70. The molecule has 0 radical (unpaired) electrons. The van der Waals surface area contributed by atoms with Crippen LogP contribution in [-0.2, 0) is 4.79 Å². The summed E-state index contributed by atoms with van der Waals surface area (Å²) in [5.74, 6) is 2.18. The summed E-state index contributed by atoms with van der Waals surface area (Å²) in [6, 6.07) is 9.42. The van der Waals surface area contributed by atoms with E-state index in [1.807, 2.05) is 39.0 Å². The van der Waals surface area contributed by atoms with E-state index in [9.17, 15) is 4.79 Å². The Labute approximate surface area is 172 Å². The van der Waals surface area contributed by atoms with Crippen LogP contribution in [0.25, 0.3) is 6.08 Å². The van der Waals surface area contributed by atoms with Gasteiger partial charge in [0.1, 0.15) is 12.4 Å². The van der Waals surface area contributed by atoms with E-state index in [-0.39, 0.29) is 11.9 Å². The highest BCUT2D eigenvalue weighted by Gasteiger charge is 2.14. The molecular formula is C23H29NO5. The highest BCUT2D eigenvalue weighted by atomic mass is 16.5. The number of rotatable bonds is 9. The Morgan fingerprint density at radius 2 is 1.62 bits per heavy atom. The molecule has 0 aliphatic rings. The normalized spacial score (nSPS) is 11.8. The summed E-state index contributed by atoms with van der Waals surface area (Å²) < 4.78 is 22.0. The van der Waals surface area contributed by atoms with E-state index in [4.69, 9.17) is 18.9 Å². The van der Waals surface area contributed by atoms with E-state index in [2.05, 4.69) is 5.32 Å². The third kappa shape index (κ3) is 5.67. The van der Waals surface area contributed by atoms with Gasteiger partial charge in [0.15, 0.2) is 11.5 Å². The SMILES string of the molecule is COc1ccc(C=CC(=O)NC(C)COc2c(C)cccc2C)c(OC)c1OC. The first-order chi connectivity index (χ1) is 13.9. The monoisotopic (exact) mass is 399 g/mol. The summed E-state index contributed by atoms with van der Waals surface area (Å²) >= 11 is 0. The molecule has 1 atom stereocenters. The van der Waals surface area contributed by atoms with E-state index in [1.54, 1.807) is 39.5 Å². The van der Waals surface area contributed by atoms with Gasteiger partial charge >= 0.3 is 0 Å². The van der Waals surface area contributed by atoms with Crippen molar-refractivity contribution < 1.29 is 23.7 Å². The van der Waals surface area contributed by atoms with Gasteiger partial charge < -0.3 is 24.3 Å². The van der Waals surface area contributed by atoms with Crippen molar-refractivity contribution in [3.8, 4) is 23.0 Å². The first-order valence-corrected chi connectivity index (χ1v) is 9.37. The van der Waals surface area contributed by atoms with E-state index >= 15 is 0 Å². The van der Waals surface area contributed by atoms with Crippen LogP contribution in [0.15, 0.2) is 36.4 Å². The molecule has 29 heavy (non-hydrogen) atoms. The molecule has 6 heteroatoms. The maximum Gasteiger partial charge on any atom is 0.244 e. The van der Waals surface area contributed by atoms with Gasteiger partial charge in [-0.1, -0.05) is 18.2 Å². The van der Waals surface area contributed by atoms with Crippen LogP contribution in [0, 0.1) is 13.8 Å². The number of amides is 1. The second kappa shape index (κ2) is 10.4. The summed E-state index contributed by atoms with van der Waals surface area (Å²) in [5.41, 5.74) is 2.85. The van der Waals surface area contributed by atoms with Gasteiger partial charge in [-0.25, -0.2) is 0 Å². The van der Waals surface area contributed by atoms with Gasteiger partial charge in [-0.2, -0.15) is 0 Å². The Kier molecular flexibility index (Phi) is 7.95. The highest BCUT2D eigenvalue weighted by molar-refractivity contribution is 5.92. The van der Waals surface area contributed by atoms with Crippen LogP contribution in [0.3, 0.4) is 0 Å². The van der Waals surface area contributed by atoms with Crippen LogP contribution in [0.1, 0.15) is 23.6 Å². The van der Waals surface area contributed by atoms with Gasteiger partial charge in [0.25, 0.3) is 0 Å². The fourth-order valence-electron chi connectivity index (χ4n) is 2.99. The highest BCUT2D eigenvalue weighted by Crippen LogP contribution is 2.40. The number of hydrogen-bond donors (Lipinski definition) is 1. The molecule has 2 aromatic carbocycles. The molecule has 156 valence electrons. The summed E-state index contributed by atoms with van der Waals surface area (Å²) in [5, 5.41) is 2.90. The molecule has 1 N–H and O–H groups in total. The fourth-order valence-corrected chi connectivity index (χ4v) is 2.99. The van der Waals surface area contributed by atoms with Gasteiger partial charge in [-0.05, 0) is 50.1 Å². The lowest BCUT2D eigenvalue weighted by Crippen LogP contribution is -2.35. The van der Waals surface area contributed by atoms with Crippen molar-refractivity contribution in [2.24, 2.45) is 0 Å². The number of aryl methyl sites for hydroxylation is 2. The van der Waals surface area contributed by atoms with Crippen LogP contribution in [0.5, 0.6) is 23.0 Å². The topological polar surface area (TPSA) is 66.0 Å². The fraction of sp³-hybridized carbons (Fsp3) is 0.348. The standard InChI is InChI=1S/C23H29NO5/c1-15-8-7-9-16(2)21(15)29-14-17(3)24-20(25)13-11-18-10-12-19(26-4)23(28-6)22(18)27-5/h7-13,17H,14H2,1-6H3,(H,24,25). The molecular weight excluding hydrogens is 370 g/mol. The molecule has 0 aromatic heterocycles. The Morgan fingerprint density at radius 1 is 0.966 bits per heavy atom. The van der Waals surface area contributed by atoms with Crippen LogP contribution in [0.4, 0.5) is 0 Å². The molecule has 6 nitrogen and oxygen atoms in total. The molecule has 1 unspecified atom stereocenters. The minimum Gasteiger partial charge on any atom is -0.493 e. The van der Waals surface area contributed by atoms with E-state index in [1.165, 1.54) is 6.08 Å². The zero-order valence-electron chi connectivity index (χ0n) is 17.9. The average Bonchev–Trinajstić information content (AvgIpc) is 2.70. The number of benzene rings is 2. The molecule has 0 saturated heterocycles. The molecule has 2 aromatic rings. The van der Waals surface area contributed by atoms with Crippen LogP contribution in [-0.4, -0.2) is 39.9 Å². The van der Waals surface area contributed by atoms with E-state index in [0.29, 0.717) is 29.4 Å². The van der Waals surface area contributed by atoms with Crippen molar-refractivity contribution in [3.05, 3.63) is 53.1 Å². The largest absolute Gasteiger partial charge is 0.493 e. The Bertz CT molecular complexity index is 856. The lowest BCUT2D eigenvalue weighted by Gasteiger charge is -2.17. The van der Waals surface area contributed by atoms with Crippen LogP contribution in [0.2, 0.25) is 0 Å². The Morgan fingerprint density at radius 3 is 2.21 bits per heavy atom. The van der Waals surface area contributed by atoms with Crippen molar-refractivity contribution in [2.75, 3.05) is 27.9 Å². The van der Waals surface area contributed by atoms with Crippen LogP contribution >= 0.6 is 0 Å². The smallest absolute Gasteiger partial charge is 0.244 e. The summed E-state index contributed by atoms with van der Waals surface area (Å²) in [6.07, 6.45) is 3.13. The van der Waals surface area contributed by atoms with E-state index < -0.39 is 0 Å². The molecule has 0 spiro atoms. The summed E-state index contributed by atoms with van der Waals surface area (Å²) in [6.45, 7) is 6.29. The maximum atomic E-state index is 12.3. The first kappa shape index (κ1) is 22.1. The third-order valence-corrected chi connectivity index (χ3v) is 4.42. The van der Waals surface area contributed by atoms with Gasteiger partial charge in [-0.15, -0.1) is 0 Å². The lowest BCUT2D eigenvalue weighted by atomic mass is 10.1. The molecule has 0 bridgehead atoms. The van der Waals surface area contributed by atoms with Crippen LogP contribution < -0.4 is 24.3 Å². The summed E-state index contributed by atoms with van der Waals surface area (Å²) in [4.78, 5) is 12.3. The van der Waals surface area contributed by atoms with E-state index in [0.717, 1.165) is 16.9 Å². The predicted octanol–water partition coefficient (Wildman–Crippen LogP) is 3.93. The molecule has 0 fully saturated rings. The van der Waals surface area contributed by atoms with Gasteiger partial charge in [0.05, 0.1) is 27.4 Å². The summed E-state index contributed by atoms with van der Waals surface area (Å²) in [7, 11) is 4.64. The first-order valence-electron chi connectivity index (χ1n) is 9.37. The quantitative estimate of drug-likeness (QED) is 0.648. The van der Waals surface area contributed by atoms with Crippen molar-refractivity contribution in [2.45, 2.75) is 26.8 Å². The van der Waals surface area contributed by atoms with Crippen molar-refractivity contribution in [1.82, 2.24) is 5.32 Å². The predicted molar refractivity (Wildman–Crippen MR) is 114 cm³/mol. The maximum absolute atomic E-state index is 12.3. The van der Waals surface area contributed by atoms with Crippen molar-refractivity contribution in [1.29, 1.82) is 0 Å². The number of ether oxygens (including phenoxy) is 4. The minimum atomic E-state index is -0.223. The second-order valence-corrected chi connectivity index (χ2v) is 6.70. The lowest BCUT2D eigenvalue weighted by molar-refractivity contribution is -0.117. The molecule has 0 aliphatic heterocycles.